The van der Waals surface area contributed by atoms with Crippen molar-refractivity contribution in [3.63, 3.8) is 0 Å². The summed E-state index contributed by atoms with van der Waals surface area (Å²) in [7, 11) is 0. The van der Waals surface area contributed by atoms with Gasteiger partial charge in [-0.05, 0) is 25.7 Å². The molecule has 0 heterocycles. The minimum absolute atomic E-state index is 0.719. The Kier molecular flexibility index (Phi) is 1.42. The Hall–Kier alpha value is -0.660. The van der Waals surface area contributed by atoms with Crippen LogP contribution >= 0.6 is 0 Å². The van der Waals surface area contributed by atoms with Crippen LogP contribution in [0.3, 0.4) is 0 Å². The molecule has 0 saturated heterocycles. The highest BCUT2D eigenvalue weighted by Gasteiger charge is 2.23. The first kappa shape index (κ1) is 5.48. The van der Waals surface area contributed by atoms with Crippen LogP contribution in [0.15, 0.2) is 4.99 Å². The first-order valence-electron chi connectivity index (χ1n) is 2.88. The maximum Gasteiger partial charge on any atom is 0.106 e. The van der Waals surface area contributed by atoms with E-state index in [2.05, 4.69) is 4.99 Å². The molecule has 1 fully saturated rings. The third-order valence-electron chi connectivity index (χ3n) is 1.44. The average Bonchev–Trinajstić information content (AvgIpc) is 2.45. The van der Waals surface area contributed by atoms with Crippen molar-refractivity contribution in [3.8, 4) is 0 Å². The number of hydrogen-bond acceptors (Lipinski definition) is 1. The summed E-state index contributed by atoms with van der Waals surface area (Å²) >= 11 is 0. The molecule has 1 aliphatic rings. The third kappa shape index (κ3) is 1.15. The minimum atomic E-state index is 0.719. The Morgan fingerprint density at radius 3 is 2.75 bits per heavy atom. The summed E-state index contributed by atoms with van der Waals surface area (Å²) in [4.78, 5) is 3.84. The van der Waals surface area contributed by atoms with Crippen LogP contribution in [0.25, 0.3) is 0 Å². The zero-order valence-corrected chi connectivity index (χ0v) is 5.02. The van der Waals surface area contributed by atoms with Crippen molar-refractivity contribution in [1.82, 2.24) is 0 Å². The second kappa shape index (κ2) is 2.07. The topological polar surface area (TPSA) is 36.2 Å². The van der Waals surface area contributed by atoms with E-state index in [-0.39, 0.29) is 0 Å². The van der Waals surface area contributed by atoms with E-state index in [0.717, 1.165) is 18.0 Å². The van der Waals surface area contributed by atoms with E-state index < -0.39 is 0 Å². The number of nitrogens with one attached hydrogen (secondary N) is 1. The van der Waals surface area contributed by atoms with Crippen LogP contribution in [0.1, 0.15) is 19.8 Å². The van der Waals surface area contributed by atoms with Gasteiger partial charge in [-0.2, -0.15) is 0 Å². The molecule has 2 nitrogen and oxygen atoms in total. The van der Waals surface area contributed by atoms with Crippen molar-refractivity contribution < 1.29 is 0 Å². The van der Waals surface area contributed by atoms with Gasteiger partial charge in [-0.25, -0.2) is 4.99 Å². The molecule has 1 saturated carbocycles. The van der Waals surface area contributed by atoms with Crippen molar-refractivity contribution in [2.45, 2.75) is 19.8 Å². The van der Waals surface area contributed by atoms with Crippen LogP contribution in [0.5, 0.6) is 0 Å². The largest absolute Gasteiger partial charge is 0.290 e. The van der Waals surface area contributed by atoms with Gasteiger partial charge in [0.15, 0.2) is 0 Å². The second-order valence-corrected chi connectivity index (χ2v) is 2.17. The van der Waals surface area contributed by atoms with Gasteiger partial charge in [0.25, 0.3) is 0 Å². The Morgan fingerprint density at radius 1 is 1.75 bits per heavy atom. The fourth-order valence-corrected chi connectivity index (χ4v) is 0.708. The highest BCUT2D eigenvalue weighted by atomic mass is 14.8. The van der Waals surface area contributed by atoms with Gasteiger partial charge in [-0.15, -0.1) is 0 Å². The maximum absolute atomic E-state index is 6.64. The zero-order chi connectivity index (χ0) is 5.98. The molecular formula is C6H10N2. The maximum atomic E-state index is 6.64. The molecular weight excluding hydrogens is 100 g/mol. The van der Waals surface area contributed by atoms with Gasteiger partial charge in [-0.3, -0.25) is 5.41 Å². The monoisotopic (exact) mass is 110 g/mol. The second-order valence-electron chi connectivity index (χ2n) is 2.17. The molecule has 0 unspecified atom stereocenters. The van der Waals surface area contributed by atoms with Gasteiger partial charge < -0.3 is 0 Å². The van der Waals surface area contributed by atoms with Crippen molar-refractivity contribution >= 4 is 12.1 Å². The van der Waals surface area contributed by atoms with E-state index in [1.807, 2.05) is 6.92 Å². The number of aliphatic imine (C=N–C) groups is 1. The molecule has 0 spiro atoms. The quantitative estimate of drug-likeness (QED) is 0.412. The standard InChI is InChI=1S/C6H10N2/c1-5(8-4-7)6-2-3-6/h4,6-7H,2-3H2,1H3/b7-4?,8-5+. The first-order chi connectivity index (χ1) is 3.84. The van der Waals surface area contributed by atoms with Crippen molar-refractivity contribution in [2.75, 3.05) is 0 Å². The van der Waals surface area contributed by atoms with Crippen molar-refractivity contribution in [2.24, 2.45) is 10.9 Å². The van der Waals surface area contributed by atoms with Gasteiger partial charge >= 0.3 is 0 Å². The van der Waals surface area contributed by atoms with Gasteiger partial charge in [0, 0.05) is 5.71 Å². The highest BCUT2D eigenvalue weighted by molar-refractivity contribution is 5.91. The Bertz CT molecular complexity index is 122. The Morgan fingerprint density at radius 2 is 2.38 bits per heavy atom. The van der Waals surface area contributed by atoms with E-state index >= 15 is 0 Å². The average molecular weight is 110 g/mol. The molecule has 44 valence electrons. The fourth-order valence-electron chi connectivity index (χ4n) is 0.708. The molecule has 0 bridgehead atoms. The van der Waals surface area contributed by atoms with Crippen LogP contribution in [-0.2, 0) is 0 Å². The molecule has 0 amide bonds. The molecule has 0 aromatic heterocycles. The predicted molar refractivity (Wildman–Crippen MR) is 34.6 cm³/mol. The lowest BCUT2D eigenvalue weighted by Crippen LogP contribution is -1.92. The molecule has 0 aliphatic heterocycles. The summed E-state index contributed by atoms with van der Waals surface area (Å²) in [5, 5.41) is 6.64. The molecule has 0 radical (unpaired) electrons. The normalized spacial score (nSPS) is 20.9. The summed E-state index contributed by atoms with van der Waals surface area (Å²) < 4.78 is 0. The lowest BCUT2D eigenvalue weighted by Gasteiger charge is -1.87. The predicted octanol–water partition coefficient (Wildman–Crippen LogP) is 1.46. The van der Waals surface area contributed by atoms with Crippen molar-refractivity contribution in [1.29, 1.82) is 5.41 Å². The number of hydrogen-bond donors (Lipinski definition) is 1. The molecule has 8 heavy (non-hydrogen) atoms. The van der Waals surface area contributed by atoms with Gasteiger partial charge in [0.1, 0.15) is 6.34 Å². The van der Waals surface area contributed by atoms with Crippen LogP contribution in [0.2, 0.25) is 0 Å². The summed E-state index contributed by atoms with van der Waals surface area (Å²) in [6.07, 6.45) is 3.68. The van der Waals surface area contributed by atoms with E-state index in [1.54, 1.807) is 0 Å². The number of nitrogens with zero attached hydrogens (tertiary/aromatic N) is 1. The van der Waals surface area contributed by atoms with Crippen molar-refractivity contribution in [3.05, 3.63) is 0 Å². The number of rotatable bonds is 2. The van der Waals surface area contributed by atoms with E-state index in [9.17, 15) is 0 Å². The van der Waals surface area contributed by atoms with Crippen LogP contribution in [0, 0.1) is 11.3 Å². The molecule has 2 heteroatoms. The summed E-state index contributed by atoms with van der Waals surface area (Å²) in [5.41, 5.74) is 1.12. The van der Waals surface area contributed by atoms with E-state index in [4.69, 9.17) is 5.41 Å². The molecule has 1 aliphatic carbocycles. The lowest BCUT2D eigenvalue weighted by molar-refractivity contribution is 1.18. The lowest BCUT2D eigenvalue weighted by atomic mass is 10.3. The van der Waals surface area contributed by atoms with Crippen LogP contribution < -0.4 is 0 Å². The van der Waals surface area contributed by atoms with E-state index in [1.165, 1.54) is 12.8 Å². The smallest absolute Gasteiger partial charge is 0.106 e. The summed E-state index contributed by atoms with van der Waals surface area (Å²) in [5.74, 6) is 0.719. The minimum Gasteiger partial charge on any atom is -0.290 e. The molecule has 0 aromatic rings. The van der Waals surface area contributed by atoms with Gasteiger partial charge in [0.2, 0.25) is 0 Å². The van der Waals surface area contributed by atoms with E-state index in [0.29, 0.717) is 0 Å². The van der Waals surface area contributed by atoms with Crippen LogP contribution in [0.4, 0.5) is 0 Å². The summed E-state index contributed by atoms with van der Waals surface area (Å²) in [6, 6.07) is 0. The third-order valence-corrected chi connectivity index (χ3v) is 1.44. The SMILES string of the molecule is C/C(=N\C=N)C1CC1. The highest BCUT2D eigenvalue weighted by Crippen LogP contribution is 2.30. The molecule has 0 aromatic carbocycles. The van der Waals surface area contributed by atoms with Gasteiger partial charge in [-0.1, -0.05) is 0 Å². The van der Waals surface area contributed by atoms with Crippen LogP contribution in [-0.4, -0.2) is 12.1 Å². The summed E-state index contributed by atoms with van der Waals surface area (Å²) in [6.45, 7) is 1.99. The Balaban J connectivity index is 2.41. The molecule has 1 rings (SSSR count). The Labute approximate surface area is 49.1 Å². The van der Waals surface area contributed by atoms with Gasteiger partial charge in [0.05, 0.1) is 0 Å². The fraction of sp³-hybridized carbons (Fsp3) is 0.667. The molecule has 0 atom stereocenters. The first-order valence-corrected chi connectivity index (χ1v) is 2.88. The zero-order valence-electron chi connectivity index (χ0n) is 5.02. The molecule has 1 N–H and O–H groups in total.